The molecule has 0 atom stereocenters. The van der Waals surface area contributed by atoms with Gasteiger partial charge in [-0.05, 0) is 35.2 Å². The van der Waals surface area contributed by atoms with Crippen molar-refractivity contribution in [2.75, 3.05) is 24.6 Å². The smallest absolute Gasteiger partial charge is 0.283 e. The largest absolute Gasteiger partial charge is 0.384 e. The third kappa shape index (κ3) is 5.09. The van der Waals surface area contributed by atoms with Gasteiger partial charge in [-0.2, -0.15) is 8.42 Å². The van der Waals surface area contributed by atoms with E-state index in [0.717, 1.165) is 16.7 Å². The van der Waals surface area contributed by atoms with Gasteiger partial charge in [0.2, 0.25) is 5.91 Å². The van der Waals surface area contributed by atoms with E-state index in [0.29, 0.717) is 38.2 Å². The van der Waals surface area contributed by atoms with E-state index >= 15 is 0 Å². The fourth-order valence-corrected chi connectivity index (χ4v) is 5.37. The Bertz CT molecular complexity index is 1220. The summed E-state index contributed by atoms with van der Waals surface area (Å²) in [6.07, 6.45) is 4.02. The molecule has 0 unspecified atom stereocenters. The SMILES string of the molecule is COCCC(=O)N1CCc2cc(N(Cc3ccccc3)S(=O)(=O)c3cn(C)cn3)ccc2C1. The number of methoxy groups -OCH3 is 1. The maximum absolute atomic E-state index is 13.5. The third-order valence-electron chi connectivity index (χ3n) is 5.77. The van der Waals surface area contributed by atoms with Crippen LogP contribution in [-0.4, -0.2) is 49.0 Å². The maximum Gasteiger partial charge on any atom is 0.283 e. The molecule has 3 aromatic rings. The van der Waals surface area contributed by atoms with E-state index in [4.69, 9.17) is 4.74 Å². The number of hydrogen-bond acceptors (Lipinski definition) is 5. The van der Waals surface area contributed by atoms with Gasteiger partial charge in [-0.15, -0.1) is 0 Å². The number of ether oxygens (including phenoxy) is 1. The number of rotatable bonds is 8. The Morgan fingerprint density at radius 3 is 2.64 bits per heavy atom. The van der Waals surface area contributed by atoms with Gasteiger partial charge in [0, 0.05) is 33.4 Å². The Hall–Kier alpha value is -3.17. The van der Waals surface area contributed by atoms with Gasteiger partial charge < -0.3 is 14.2 Å². The van der Waals surface area contributed by atoms with Gasteiger partial charge in [0.05, 0.1) is 31.6 Å². The number of benzene rings is 2. The molecule has 2 aromatic carbocycles. The molecule has 1 aliphatic heterocycles. The standard InChI is InChI=1S/C24H28N4O4S/c1-26-17-23(25-18-26)33(30,31)28(15-19-6-4-3-5-7-19)22-9-8-21-16-27(12-10-20(21)14-22)24(29)11-13-32-2/h3-9,14,17-18H,10-13,15-16H2,1-2H3. The van der Waals surface area contributed by atoms with Crippen LogP contribution in [-0.2, 0) is 46.1 Å². The Labute approximate surface area is 194 Å². The number of carbonyl (C=O) groups is 1. The number of anilines is 1. The van der Waals surface area contributed by atoms with Crippen molar-refractivity contribution in [2.24, 2.45) is 7.05 Å². The van der Waals surface area contributed by atoms with Crippen molar-refractivity contribution < 1.29 is 17.9 Å². The number of aryl methyl sites for hydroxylation is 1. The van der Waals surface area contributed by atoms with Crippen LogP contribution in [0.5, 0.6) is 0 Å². The highest BCUT2D eigenvalue weighted by atomic mass is 32.2. The highest BCUT2D eigenvalue weighted by Gasteiger charge is 2.29. The summed E-state index contributed by atoms with van der Waals surface area (Å²) in [5.74, 6) is 0.0648. The van der Waals surface area contributed by atoms with Gasteiger partial charge in [-0.3, -0.25) is 9.10 Å². The number of aromatic nitrogens is 2. The van der Waals surface area contributed by atoms with Gasteiger partial charge in [0.25, 0.3) is 10.0 Å². The number of amides is 1. The van der Waals surface area contributed by atoms with Crippen LogP contribution in [0.25, 0.3) is 0 Å². The van der Waals surface area contributed by atoms with E-state index in [2.05, 4.69) is 4.98 Å². The molecule has 0 saturated carbocycles. The maximum atomic E-state index is 13.5. The van der Waals surface area contributed by atoms with Gasteiger partial charge in [-0.1, -0.05) is 36.4 Å². The van der Waals surface area contributed by atoms with Crippen LogP contribution in [0.15, 0.2) is 66.1 Å². The van der Waals surface area contributed by atoms with Crippen LogP contribution in [0.1, 0.15) is 23.1 Å². The van der Waals surface area contributed by atoms with E-state index in [1.54, 1.807) is 18.7 Å². The monoisotopic (exact) mass is 468 g/mol. The zero-order valence-electron chi connectivity index (χ0n) is 18.8. The summed E-state index contributed by atoms with van der Waals surface area (Å²) < 4.78 is 35.1. The summed E-state index contributed by atoms with van der Waals surface area (Å²) in [4.78, 5) is 18.3. The van der Waals surface area contributed by atoms with Crippen molar-refractivity contribution >= 4 is 21.6 Å². The van der Waals surface area contributed by atoms with Crippen molar-refractivity contribution in [1.82, 2.24) is 14.5 Å². The summed E-state index contributed by atoms with van der Waals surface area (Å²) >= 11 is 0. The molecule has 9 heteroatoms. The second-order valence-corrected chi connectivity index (χ2v) is 9.94. The number of imidazole rings is 1. The van der Waals surface area contributed by atoms with Crippen molar-refractivity contribution in [3.63, 3.8) is 0 Å². The quantitative estimate of drug-likeness (QED) is 0.508. The molecule has 0 radical (unpaired) electrons. The normalized spacial score (nSPS) is 13.6. The van der Waals surface area contributed by atoms with Crippen molar-refractivity contribution in [2.45, 2.75) is 31.0 Å². The lowest BCUT2D eigenvalue weighted by molar-refractivity contribution is -0.133. The second kappa shape index (κ2) is 9.76. The molecule has 1 aliphatic rings. The number of nitrogens with zero attached hydrogens (tertiary/aromatic N) is 4. The molecule has 0 N–H and O–H groups in total. The molecule has 0 fully saturated rings. The van der Waals surface area contributed by atoms with Crippen LogP contribution in [0, 0.1) is 0 Å². The fourth-order valence-electron chi connectivity index (χ4n) is 3.95. The highest BCUT2D eigenvalue weighted by molar-refractivity contribution is 7.92. The Balaban J connectivity index is 1.65. The van der Waals surface area contributed by atoms with E-state index in [-0.39, 0.29) is 17.5 Å². The molecule has 0 bridgehead atoms. The Kier molecular flexibility index (Phi) is 6.80. The van der Waals surface area contributed by atoms with E-state index in [1.165, 1.54) is 16.8 Å². The predicted molar refractivity (Wildman–Crippen MR) is 125 cm³/mol. The van der Waals surface area contributed by atoms with Crippen molar-refractivity contribution in [1.29, 1.82) is 0 Å². The van der Waals surface area contributed by atoms with E-state index in [1.807, 2.05) is 53.4 Å². The number of fused-ring (bicyclic) bond motifs is 1. The molecular formula is C24H28N4O4S. The van der Waals surface area contributed by atoms with Crippen LogP contribution < -0.4 is 4.31 Å². The number of hydrogen-bond donors (Lipinski definition) is 0. The first kappa shape index (κ1) is 23.0. The minimum absolute atomic E-state index is 0.00793. The van der Waals surface area contributed by atoms with E-state index < -0.39 is 10.0 Å². The number of sulfonamides is 1. The molecule has 2 heterocycles. The molecule has 0 aliphatic carbocycles. The van der Waals surface area contributed by atoms with Crippen molar-refractivity contribution in [3.8, 4) is 0 Å². The van der Waals surface area contributed by atoms with Crippen molar-refractivity contribution in [3.05, 3.63) is 77.7 Å². The molecule has 1 aromatic heterocycles. The zero-order valence-corrected chi connectivity index (χ0v) is 19.7. The topological polar surface area (TPSA) is 84.7 Å². The molecular weight excluding hydrogens is 440 g/mol. The number of carbonyl (C=O) groups excluding carboxylic acids is 1. The average molecular weight is 469 g/mol. The molecule has 4 rings (SSSR count). The summed E-state index contributed by atoms with van der Waals surface area (Å²) in [7, 11) is -0.543. The molecule has 1 amide bonds. The minimum Gasteiger partial charge on any atom is -0.384 e. The third-order valence-corrected chi connectivity index (χ3v) is 7.43. The molecule has 33 heavy (non-hydrogen) atoms. The first-order chi connectivity index (χ1) is 15.9. The first-order valence-electron chi connectivity index (χ1n) is 10.8. The molecule has 0 saturated heterocycles. The molecule has 0 spiro atoms. The summed E-state index contributed by atoms with van der Waals surface area (Å²) in [5.41, 5.74) is 3.55. The lowest BCUT2D eigenvalue weighted by Gasteiger charge is -2.31. The highest BCUT2D eigenvalue weighted by Crippen LogP contribution is 2.30. The van der Waals surface area contributed by atoms with Gasteiger partial charge >= 0.3 is 0 Å². The zero-order chi connectivity index (χ0) is 23.4. The Morgan fingerprint density at radius 1 is 1.15 bits per heavy atom. The second-order valence-electron chi connectivity index (χ2n) is 8.14. The lowest BCUT2D eigenvalue weighted by Crippen LogP contribution is -2.36. The fraction of sp³-hybridized carbons (Fsp3) is 0.333. The summed E-state index contributed by atoms with van der Waals surface area (Å²) in [6, 6.07) is 15.2. The Morgan fingerprint density at radius 2 is 1.94 bits per heavy atom. The molecule has 174 valence electrons. The minimum atomic E-state index is -3.87. The van der Waals surface area contributed by atoms with Crippen LogP contribution in [0.4, 0.5) is 5.69 Å². The van der Waals surface area contributed by atoms with E-state index in [9.17, 15) is 13.2 Å². The molecule has 8 nitrogen and oxygen atoms in total. The lowest BCUT2D eigenvalue weighted by atomic mass is 9.98. The van der Waals surface area contributed by atoms with Crippen LogP contribution >= 0.6 is 0 Å². The van der Waals surface area contributed by atoms with Gasteiger partial charge in [-0.25, -0.2) is 4.98 Å². The first-order valence-corrected chi connectivity index (χ1v) is 12.3. The predicted octanol–water partition coefficient (Wildman–Crippen LogP) is 2.74. The van der Waals surface area contributed by atoms with Crippen LogP contribution in [0.3, 0.4) is 0 Å². The summed E-state index contributed by atoms with van der Waals surface area (Å²) in [5, 5.41) is 0.00793. The summed E-state index contributed by atoms with van der Waals surface area (Å²) in [6.45, 7) is 1.72. The van der Waals surface area contributed by atoms with Crippen LogP contribution in [0.2, 0.25) is 0 Å². The van der Waals surface area contributed by atoms with Gasteiger partial charge in [0.15, 0.2) is 5.03 Å². The van der Waals surface area contributed by atoms with Gasteiger partial charge in [0.1, 0.15) is 0 Å². The average Bonchev–Trinajstić information content (AvgIpc) is 3.28.